The number of ether oxygens (including phenoxy) is 1. The summed E-state index contributed by atoms with van der Waals surface area (Å²) in [5.41, 5.74) is 3.38. The molecule has 0 radical (unpaired) electrons. The average Bonchev–Trinajstić information content (AvgIpc) is 2.77. The normalized spacial score (nSPS) is 10.3. The molecule has 0 aliphatic carbocycles. The third kappa shape index (κ3) is 6.90. The molecule has 0 aliphatic heterocycles. The lowest BCUT2D eigenvalue weighted by Crippen LogP contribution is -2.23. The first-order valence-corrected chi connectivity index (χ1v) is 9.54. The fraction of sp³-hybridized carbons (Fsp3) is 0.167. The Morgan fingerprint density at radius 1 is 0.759 bits per heavy atom. The third-order valence-corrected chi connectivity index (χ3v) is 4.34. The molecule has 3 rings (SSSR count). The zero-order chi connectivity index (χ0) is 20.3. The van der Waals surface area contributed by atoms with Crippen LogP contribution in [0.15, 0.2) is 84.9 Å². The summed E-state index contributed by atoms with van der Waals surface area (Å²) in [4.78, 5) is 24.2. The molecule has 0 saturated heterocycles. The first-order chi connectivity index (χ1) is 14.2. The maximum absolute atomic E-state index is 12.2. The van der Waals surface area contributed by atoms with E-state index < -0.39 is 0 Å². The lowest BCUT2D eigenvalue weighted by molar-refractivity contribution is -0.120. The van der Waals surface area contributed by atoms with Gasteiger partial charge in [-0.2, -0.15) is 0 Å². The second-order valence-corrected chi connectivity index (χ2v) is 6.58. The molecule has 148 valence electrons. The quantitative estimate of drug-likeness (QED) is 0.548. The molecule has 0 aliphatic rings. The summed E-state index contributed by atoms with van der Waals surface area (Å²) in [7, 11) is 0. The lowest BCUT2D eigenvalue weighted by atomic mass is 10.1. The zero-order valence-corrected chi connectivity index (χ0v) is 16.1. The van der Waals surface area contributed by atoms with E-state index in [1.807, 2.05) is 60.7 Å². The molecule has 0 atom stereocenters. The summed E-state index contributed by atoms with van der Waals surface area (Å²) in [5, 5.41) is 5.65. The van der Waals surface area contributed by atoms with Crippen molar-refractivity contribution >= 4 is 17.5 Å². The van der Waals surface area contributed by atoms with Crippen molar-refractivity contribution in [2.75, 3.05) is 18.5 Å². The first-order valence-electron chi connectivity index (χ1n) is 9.54. The Hall–Kier alpha value is -3.44. The summed E-state index contributed by atoms with van der Waals surface area (Å²) in [6.07, 6.45) is 0.765. The Morgan fingerprint density at radius 3 is 2.03 bits per heavy atom. The van der Waals surface area contributed by atoms with Crippen LogP contribution in [-0.2, 0) is 22.5 Å². The number of carbonyl (C=O) groups is 2. The topological polar surface area (TPSA) is 67.4 Å². The maximum atomic E-state index is 12.2. The molecule has 0 bridgehead atoms. The molecule has 0 heterocycles. The summed E-state index contributed by atoms with van der Waals surface area (Å²) >= 11 is 0. The first kappa shape index (κ1) is 20.3. The summed E-state index contributed by atoms with van der Waals surface area (Å²) in [6.45, 7) is 0.947. The molecule has 5 nitrogen and oxygen atoms in total. The standard InChI is InChI=1S/C24H24N2O3/c27-23(18-29-16-15-19-7-3-1-4-8-19)26-22-13-11-21(12-14-22)24(28)25-17-20-9-5-2-6-10-20/h1-14H,15-18H2,(H,25,28)(H,26,27). The van der Waals surface area contributed by atoms with Gasteiger partial charge in [-0.05, 0) is 41.8 Å². The highest BCUT2D eigenvalue weighted by atomic mass is 16.5. The molecule has 0 fully saturated rings. The number of benzene rings is 3. The van der Waals surface area contributed by atoms with Crippen LogP contribution in [-0.4, -0.2) is 25.0 Å². The maximum Gasteiger partial charge on any atom is 0.251 e. The van der Waals surface area contributed by atoms with Gasteiger partial charge in [0.2, 0.25) is 5.91 Å². The van der Waals surface area contributed by atoms with Crippen molar-refractivity contribution < 1.29 is 14.3 Å². The Morgan fingerprint density at radius 2 is 1.38 bits per heavy atom. The van der Waals surface area contributed by atoms with E-state index in [-0.39, 0.29) is 18.4 Å². The van der Waals surface area contributed by atoms with Crippen LogP contribution in [0.3, 0.4) is 0 Å². The molecule has 2 N–H and O–H groups in total. The van der Waals surface area contributed by atoms with Crippen molar-refractivity contribution in [2.45, 2.75) is 13.0 Å². The van der Waals surface area contributed by atoms with Gasteiger partial charge in [-0.25, -0.2) is 0 Å². The number of amides is 2. The number of hydrogen-bond donors (Lipinski definition) is 2. The summed E-state index contributed by atoms with van der Waals surface area (Å²) in [6, 6.07) is 26.5. The fourth-order valence-corrected chi connectivity index (χ4v) is 2.78. The highest BCUT2D eigenvalue weighted by Gasteiger charge is 2.07. The molecule has 0 unspecified atom stereocenters. The molecule has 5 heteroatoms. The molecule has 0 aromatic heterocycles. The van der Waals surface area contributed by atoms with Crippen molar-refractivity contribution in [3.63, 3.8) is 0 Å². The Labute approximate surface area is 170 Å². The molecule has 3 aromatic carbocycles. The molecule has 3 aromatic rings. The van der Waals surface area contributed by atoms with E-state index in [0.29, 0.717) is 24.4 Å². The second kappa shape index (κ2) is 10.8. The van der Waals surface area contributed by atoms with Crippen LogP contribution in [0, 0.1) is 0 Å². The summed E-state index contributed by atoms with van der Waals surface area (Å²) < 4.78 is 5.43. The van der Waals surface area contributed by atoms with Gasteiger partial charge in [0.25, 0.3) is 5.91 Å². The van der Waals surface area contributed by atoms with Crippen LogP contribution in [0.5, 0.6) is 0 Å². The monoisotopic (exact) mass is 388 g/mol. The van der Waals surface area contributed by atoms with Crippen molar-refractivity contribution in [2.24, 2.45) is 0 Å². The van der Waals surface area contributed by atoms with E-state index in [4.69, 9.17) is 4.74 Å². The minimum Gasteiger partial charge on any atom is -0.371 e. The van der Waals surface area contributed by atoms with E-state index in [1.54, 1.807) is 24.3 Å². The van der Waals surface area contributed by atoms with Gasteiger partial charge in [0.1, 0.15) is 6.61 Å². The van der Waals surface area contributed by atoms with E-state index in [2.05, 4.69) is 10.6 Å². The average molecular weight is 388 g/mol. The second-order valence-electron chi connectivity index (χ2n) is 6.58. The van der Waals surface area contributed by atoms with Crippen LogP contribution >= 0.6 is 0 Å². The number of rotatable bonds is 9. The Bertz CT molecular complexity index is 910. The highest BCUT2D eigenvalue weighted by molar-refractivity contribution is 5.96. The van der Waals surface area contributed by atoms with Gasteiger partial charge in [0.05, 0.1) is 6.61 Å². The molecular formula is C24H24N2O3. The SMILES string of the molecule is O=C(COCCc1ccccc1)Nc1ccc(C(=O)NCc2ccccc2)cc1. The smallest absolute Gasteiger partial charge is 0.251 e. The van der Waals surface area contributed by atoms with Crippen LogP contribution in [0.4, 0.5) is 5.69 Å². The summed E-state index contributed by atoms with van der Waals surface area (Å²) in [5.74, 6) is -0.379. The van der Waals surface area contributed by atoms with Gasteiger partial charge >= 0.3 is 0 Å². The van der Waals surface area contributed by atoms with Gasteiger partial charge in [0.15, 0.2) is 0 Å². The number of anilines is 1. The van der Waals surface area contributed by atoms with Gasteiger partial charge in [-0.1, -0.05) is 60.7 Å². The van der Waals surface area contributed by atoms with Crippen LogP contribution < -0.4 is 10.6 Å². The van der Waals surface area contributed by atoms with Crippen molar-refractivity contribution in [1.29, 1.82) is 0 Å². The van der Waals surface area contributed by atoms with E-state index >= 15 is 0 Å². The van der Waals surface area contributed by atoms with Crippen molar-refractivity contribution in [3.8, 4) is 0 Å². The van der Waals surface area contributed by atoms with Gasteiger partial charge < -0.3 is 15.4 Å². The molecule has 0 saturated carbocycles. The van der Waals surface area contributed by atoms with E-state index in [9.17, 15) is 9.59 Å². The Kier molecular flexibility index (Phi) is 7.55. The molecule has 2 amide bonds. The predicted molar refractivity (Wildman–Crippen MR) is 114 cm³/mol. The van der Waals surface area contributed by atoms with Gasteiger partial charge in [-0.15, -0.1) is 0 Å². The minimum absolute atomic E-state index is 0.00779. The molecular weight excluding hydrogens is 364 g/mol. The lowest BCUT2D eigenvalue weighted by Gasteiger charge is -2.08. The zero-order valence-electron chi connectivity index (χ0n) is 16.1. The molecule has 0 spiro atoms. The van der Waals surface area contributed by atoms with Gasteiger partial charge in [0, 0.05) is 17.8 Å². The largest absolute Gasteiger partial charge is 0.371 e. The van der Waals surface area contributed by atoms with E-state index in [0.717, 1.165) is 12.0 Å². The fourth-order valence-electron chi connectivity index (χ4n) is 2.78. The van der Waals surface area contributed by atoms with Crippen LogP contribution in [0.1, 0.15) is 21.5 Å². The van der Waals surface area contributed by atoms with Crippen LogP contribution in [0.2, 0.25) is 0 Å². The van der Waals surface area contributed by atoms with Crippen LogP contribution in [0.25, 0.3) is 0 Å². The molecule has 29 heavy (non-hydrogen) atoms. The highest BCUT2D eigenvalue weighted by Crippen LogP contribution is 2.10. The predicted octanol–water partition coefficient (Wildman–Crippen LogP) is 3.81. The van der Waals surface area contributed by atoms with Gasteiger partial charge in [-0.3, -0.25) is 9.59 Å². The van der Waals surface area contributed by atoms with E-state index in [1.165, 1.54) is 5.56 Å². The number of nitrogens with one attached hydrogen (secondary N) is 2. The number of hydrogen-bond acceptors (Lipinski definition) is 3. The Balaban J connectivity index is 1.39. The minimum atomic E-state index is -0.223. The number of carbonyl (C=O) groups excluding carboxylic acids is 2. The third-order valence-electron chi connectivity index (χ3n) is 4.34. The van der Waals surface area contributed by atoms with Crippen molar-refractivity contribution in [1.82, 2.24) is 5.32 Å². The van der Waals surface area contributed by atoms with Crippen molar-refractivity contribution in [3.05, 3.63) is 102 Å².